The predicted octanol–water partition coefficient (Wildman–Crippen LogP) is 3.38. The van der Waals surface area contributed by atoms with Crippen molar-refractivity contribution in [1.82, 2.24) is 9.80 Å². The third-order valence-corrected chi connectivity index (χ3v) is 6.96. The Morgan fingerprint density at radius 1 is 1.04 bits per heavy atom. The van der Waals surface area contributed by atoms with Crippen LogP contribution in [0.25, 0.3) is 0 Å². The minimum absolute atomic E-state index is 0.0509. The molecule has 4 rings (SSSR count). The van der Waals surface area contributed by atoms with Gasteiger partial charge >= 0.3 is 0 Å². The Hall–Kier alpha value is -2.40. The Balaban J connectivity index is 1.62. The average Bonchev–Trinajstić information content (AvgIpc) is 3.21. The SMILES string of the molecule is C=CC(=O)N1CCC(C(=O)N2CCc3sccc3C2)(c2ccccc2)CC1. The van der Waals surface area contributed by atoms with Gasteiger partial charge in [-0.2, -0.15) is 0 Å². The fraction of sp³-hybridized carbons (Fsp3) is 0.364. The van der Waals surface area contributed by atoms with Gasteiger partial charge in [-0.1, -0.05) is 36.9 Å². The molecule has 0 atom stereocenters. The summed E-state index contributed by atoms with van der Waals surface area (Å²) >= 11 is 1.78. The van der Waals surface area contributed by atoms with Crippen molar-refractivity contribution in [2.24, 2.45) is 0 Å². The quantitative estimate of drug-likeness (QED) is 0.766. The summed E-state index contributed by atoms with van der Waals surface area (Å²) in [6.07, 6.45) is 3.61. The van der Waals surface area contributed by atoms with Crippen LogP contribution < -0.4 is 0 Å². The standard InChI is InChI=1S/C22H24N2O2S/c1-2-20(25)23-13-10-22(11-14-23,18-6-4-3-5-7-18)21(26)24-12-8-19-17(16-24)9-15-27-19/h2-7,9,15H,1,8,10-14,16H2. The van der Waals surface area contributed by atoms with Crippen molar-refractivity contribution in [3.05, 3.63) is 70.4 Å². The van der Waals surface area contributed by atoms with Crippen LogP contribution in [-0.4, -0.2) is 41.2 Å². The fourth-order valence-corrected chi connectivity index (χ4v) is 5.24. The minimum Gasteiger partial charge on any atom is -0.339 e. The molecule has 0 aliphatic carbocycles. The second-order valence-electron chi connectivity index (χ2n) is 7.32. The maximum Gasteiger partial charge on any atom is 0.245 e. The van der Waals surface area contributed by atoms with Crippen molar-refractivity contribution in [2.75, 3.05) is 19.6 Å². The summed E-state index contributed by atoms with van der Waals surface area (Å²) in [7, 11) is 0. The molecule has 2 amide bonds. The first kappa shape index (κ1) is 18.0. The number of hydrogen-bond donors (Lipinski definition) is 0. The second kappa shape index (κ2) is 7.31. The first-order chi connectivity index (χ1) is 13.1. The molecule has 0 unspecified atom stereocenters. The van der Waals surface area contributed by atoms with E-state index < -0.39 is 5.41 Å². The van der Waals surface area contributed by atoms with Crippen LogP contribution in [0.4, 0.5) is 0 Å². The highest BCUT2D eigenvalue weighted by atomic mass is 32.1. The molecule has 140 valence electrons. The van der Waals surface area contributed by atoms with Crippen LogP contribution in [0.3, 0.4) is 0 Å². The van der Waals surface area contributed by atoms with Crippen LogP contribution in [0, 0.1) is 0 Å². The van der Waals surface area contributed by atoms with Crippen molar-refractivity contribution in [2.45, 2.75) is 31.2 Å². The van der Waals surface area contributed by atoms with Gasteiger partial charge in [-0.15, -0.1) is 11.3 Å². The van der Waals surface area contributed by atoms with Crippen LogP contribution in [0.1, 0.15) is 28.8 Å². The summed E-state index contributed by atoms with van der Waals surface area (Å²) < 4.78 is 0. The van der Waals surface area contributed by atoms with Gasteiger partial charge in [0.05, 0.1) is 5.41 Å². The highest BCUT2D eigenvalue weighted by molar-refractivity contribution is 7.10. The van der Waals surface area contributed by atoms with Gasteiger partial charge in [0, 0.05) is 31.1 Å². The zero-order valence-electron chi connectivity index (χ0n) is 15.4. The van der Waals surface area contributed by atoms with E-state index in [1.807, 2.05) is 23.1 Å². The Morgan fingerprint density at radius 2 is 1.78 bits per heavy atom. The van der Waals surface area contributed by atoms with Gasteiger partial charge in [0.2, 0.25) is 11.8 Å². The molecule has 0 spiro atoms. The number of thiophene rings is 1. The lowest BCUT2D eigenvalue weighted by Crippen LogP contribution is -2.54. The van der Waals surface area contributed by atoms with Crippen LogP contribution in [0.5, 0.6) is 0 Å². The fourth-order valence-electron chi connectivity index (χ4n) is 4.35. The molecular weight excluding hydrogens is 356 g/mol. The van der Waals surface area contributed by atoms with Gasteiger partial charge in [-0.3, -0.25) is 9.59 Å². The highest BCUT2D eigenvalue weighted by Gasteiger charge is 2.46. The van der Waals surface area contributed by atoms with Gasteiger partial charge in [-0.05, 0) is 47.9 Å². The second-order valence-corrected chi connectivity index (χ2v) is 8.32. The summed E-state index contributed by atoms with van der Waals surface area (Å²) in [4.78, 5) is 31.0. The van der Waals surface area contributed by atoms with Gasteiger partial charge in [0.15, 0.2) is 0 Å². The van der Waals surface area contributed by atoms with E-state index >= 15 is 0 Å². The van der Waals surface area contributed by atoms with Crippen molar-refractivity contribution in [1.29, 1.82) is 0 Å². The molecule has 5 heteroatoms. The number of carbonyl (C=O) groups excluding carboxylic acids is 2. The summed E-state index contributed by atoms with van der Waals surface area (Å²) in [6, 6.07) is 12.2. The Morgan fingerprint density at radius 3 is 2.48 bits per heavy atom. The topological polar surface area (TPSA) is 40.6 Å². The predicted molar refractivity (Wildman–Crippen MR) is 108 cm³/mol. The molecule has 1 aromatic carbocycles. The molecule has 2 aromatic rings. The van der Waals surface area contributed by atoms with Gasteiger partial charge in [0.1, 0.15) is 0 Å². The lowest BCUT2D eigenvalue weighted by Gasteiger charge is -2.44. The molecule has 4 nitrogen and oxygen atoms in total. The average molecular weight is 381 g/mol. The summed E-state index contributed by atoms with van der Waals surface area (Å²) in [5, 5.41) is 2.12. The van der Waals surface area contributed by atoms with E-state index in [1.165, 1.54) is 16.5 Å². The molecular formula is C22H24N2O2S. The van der Waals surface area contributed by atoms with E-state index in [0.717, 1.165) is 18.5 Å². The molecule has 2 aliphatic heterocycles. The van der Waals surface area contributed by atoms with Crippen molar-refractivity contribution in [3.63, 3.8) is 0 Å². The molecule has 1 fully saturated rings. The first-order valence-corrected chi connectivity index (χ1v) is 10.3. The molecule has 2 aliphatic rings. The minimum atomic E-state index is -0.549. The largest absolute Gasteiger partial charge is 0.339 e. The molecule has 1 saturated heterocycles. The Bertz CT molecular complexity index is 850. The number of likely N-dealkylation sites (tertiary alicyclic amines) is 1. The van der Waals surface area contributed by atoms with E-state index in [2.05, 4.69) is 30.2 Å². The zero-order valence-corrected chi connectivity index (χ0v) is 16.2. The van der Waals surface area contributed by atoms with Gasteiger partial charge in [-0.25, -0.2) is 0 Å². The Kier molecular flexibility index (Phi) is 4.87. The smallest absolute Gasteiger partial charge is 0.245 e. The lowest BCUT2D eigenvalue weighted by atomic mass is 9.71. The van der Waals surface area contributed by atoms with Crippen LogP contribution in [0.15, 0.2) is 54.4 Å². The number of amides is 2. The van der Waals surface area contributed by atoms with E-state index in [0.29, 0.717) is 32.5 Å². The Labute approximate surface area is 164 Å². The normalized spacial score (nSPS) is 18.7. The van der Waals surface area contributed by atoms with Crippen LogP contribution in [-0.2, 0) is 28.0 Å². The van der Waals surface area contributed by atoms with Gasteiger partial charge in [0.25, 0.3) is 0 Å². The van der Waals surface area contributed by atoms with E-state index in [1.54, 1.807) is 16.2 Å². The molecule has 27 heavy (non-hydrogen) atoms. The van der Waals surface area contributed by atoms with Crippen molar-refractivity contribution < 1.29 is 9.59 Å². The van der Waals surface area contributed by atoms with Gasteiger partial charge < -0.3 is 9.80 Å². The van der Waals surface area contributed by atoms with Crippen molar-refractivity contribution in [3.8, 4) is 0 Å². The molecule has 0 N–H and O–H groups in total. The maximum absolute atomic E-state index is 13.8. The summed E-state index contributed by atoms with van der Waals surface area (Å²) in [5.74, 6) is 0.154. The number of fused-ring (bicyclic) bond motifs is 1. The number of benzene rings is 1. The lowest BCUT2D eigenvalue weighted by molar-refractivity contribution is -0.142. The number of nitrogens with zero attached hydrogens (tertiary/aromatic N) is 2. The van der Waals surface area contributed by atoms with Crippen LogP contribution in [0.2, 0.25) is 0 Å². The van der Waals surface area contributed by atoms with E-state index in [9.17, 15) is 9.59 Å². The number of hydrogen-bond acceptors (Lipinski definition) is 3. The monoisotopic (exact) mass is 380 g/mol. The summed E-state index contributed by atoms with van der Waals surface area (Å²) in [6.45, 7) is 6.23. The first-order valence-electron chi connectivity index (χ1n) is 9.45. The number of carbonyl (C=O) groups is 2. The number of piperidine rings is 1. The van der Waals surface area contributed by atoms with Crippen LogP contribution >= 0.6 is 11.3 Å². The zero-order chi connectivity index (χ0) is 18.9. The molecule has 1 aromatic heterocycles. The van der Waals surface area contributed by atoms with E-state index in [-0.39, 0.29) is 11.8 Å². The van der Waals surface area contributed by atoms with E-state index in [4.69, 9.17) is 0 Å². The third kappa shape index (κ3) is 3.21. The highest BCUT2D eigenvalue weighted by Crippen LogP contribution is 2.39. The number of rotatable bonds is 3. The van der Waals surface area contributed by atoms with Crippen molar-refractivity contribution >= 4 is 23.2 Å². The maximum atomic E-state index is 13.8. The third-order valence-electron chi connectivity index (χ3n) is 5.93. The molecule has 0 saturated carbocycles. The molecule has 0 radical (unpaired) electrons. The summed E-state index contributed by atoms with van der Waals surface area (Å²) in [5.41, 5.74) is 1.80. The molecule has 0 bridgehead atoms. The molecule has 3 heterocycles.